The van der Waals surface area contributed by atoms with Crippen molar-refractivity contribution in [3.63, 3.8) is 0 Å². The van der Waals surface area contributed by atoms with Crippen LogP contribution in [0.2, 0.25) is 0 Å². The number of hydrogen-bond acceptors (Lipinski definition) is 3. The summed E-state index contributed by atoms with van der Waals surface area (Å²) in [5.74, 6) is 0. The quantitative estimate of drug-likeness (QED) is 0.218. The first-order valence-corrected chi connectivity index (χ1v) is 14.5. The molecule has 9 rings (SSSR count). The summed E-state index contributed by atoms with van der Waals surface area (Å²) in [5.41, 5.74) is 9.03. The molecule has 0 bridgehead atoms. The summed E-state index contributed by atoms with van der Waals surface area (Å²) >= 11 is 0. The molecule has 0 aliphatic heterocycles. The van der Waals surface area contributed by atoms with Gasteiger partial charge >= 0.3 is 0 Å². The van der Waals surface area contributed by atoms with Crippen molar-refractivity contribution in [2.45, 2.75) is 0 Å². The van der Waals surface area contributed by atoms with Crippen molar-refractivity contribution in [1.29, 1.82) is 0 Å². The summed E-state index contributed by atoms with van der Waals surface area (Å²) in [7, 11) is 0. The molecule has 2 heterocycles. The van der Waals surface area contributed by atoms with Gasteiger partial charge in [0.15, 0.2) is 0 Å². The zero-order chi connectivity index (χ0) is 28.3. The topological polar surface area (TPSA) is 29.5 Å². The fraction of sp³-hybridized carbons (Fsp3) is 0. The zero-order valence-corrected chi connectivity index (χ0v) is 23.2. The second kappa shape index (κ2) is 9.37. The SMILES string of the molecule is c1ccc(N(c2ccccc2-c2cccc3oc4c5ccccc5ccc4c23)c2cccc3oc4ccccc4c23)cc1. The molecule has 0 saturated heterocycles. The minimum absolute atomic E-state index is 0.868. The average Bonchev–Trinajstić information content (AvgIpc) is 3.65. The summed E-state index contributed by atoms with van der Waals surface area (Å²) in [4.78, 5) is 2.36. The van der Waals surface area contributed by atoms with Gasteiger partial charge in [0, 0.05) is 32.8 Å². The monoisotopic (exact) mass is 551 g/mol. The predicted octanol–water partition coefficient (Wildman–Crippen LogP) is 11.8. The fourth-order valence-electron chi connectivity index (χ4n) is 6.60. The van der Waals surface area contributed by atoms with E-state index in [1.165, 1.54) is 5.39 Å². The Labute approximate surface area is 247 Å². The minimum atomic E-state index is 0.868. The molecule has 9 aromatic rings. The lowest BCUT2D eigenvalue weighted by atomic mass is 9.96. The smallest absolute Gasteiger partial charge is 0.143 e. The Balaban J connectivity index is 1.36. The van der Waals surface area contributed by atoms with Gasteiger partial charge in [-0.2, -0.15) is 0 Å². The van der Waals surface area contributed by atoms with Crippen LogP contribution in [0.3, 0.4) is 0 Å². The van der Waals surface area contributed by atoms with Crippen molar-refractivity contribution >= 4 is 71.7 Å². The Morgan fingerprint density at radius 1 is 0.372 bits per heavy atom. The molecular weight excluding hydrogens is 526 g/mol. The highest BCUT2D eigenvalue weighted by Crippen LogP contribution is 2.48. The van der Waals surface area contributed by atoms with Crippen molar-refractivity contribution in [2.75, 3.05) is 4.90 Å². The molecule has 0 radical (unpaired) electrons. The van der Waals surface area contributed by atoms with Crippen LogP contribution >= 0.6 is 0 Å². The van der Waals surface area contributed by atoms with E-state index in [4.69, 9.17) is 8.83 Å². The number of anilines is 3. The lowest BCUT2D eigenvalue weighted by molar-refractivity contribution is 0.669. The lowest BCUT2D eigenvalue weighted by Gasteiger charge is -2.28. The van der Waals surface area contributed by atoms with Crippen LogP contribution in [0.1, 0.15) is 0 Å². The predicted molar refractivity (Wildman–Crippen MR) is 179 cm³/mol. The molecule has 0 N–H and O–H groups in total. The number of para-hydroxylation sites is 3. The lowest BCUT2D eigenvalue weighted by Crippen LogP contribution is -2.11. The minimum Gasteiger partial charge on any atom is -0.456 e. The largest absolute Gasteiger partial charge is 0.456 e. The Bertz CT molecular complexity index is 2470. The number of fused-ring (bicyclic) bond motifs is 8. The molecule has 2 aromatic heterocycles. The molecule has 43 heavy (non-hydrogen) atoms. The van der Waals surface area contributed by atoms with Crippen LogP contribution in [0.25, 0.3) is 65.8 Å². The van der Waals surface area contributed by atoms with E-state index in [0.29, 0.717) is 0 Å². The van der Waals surface area contributed by atoms with E-state index in [1.807, 2.05) is 12.1 Å². The first-order valence-electron chi connectivity index (χ1n) is 14.5. The molecule has 0 amide bonds. The molecule has 202 valence electrons. The molecule has 7 aromatic carbocycles. The summed E-state index contributed by atoms with van der Waals surface area (Å²) in [5, 5.41) is 6.73. The second-order valence-electron chi connectivity index (χ2n) is 10.9. The van der Waals surface area contributed by atoms with Gasteiger partial charge in [-0.1, -0.05) is 103 Å². The van der Waals surface area contributed by atoms with E-state index in [1.54, 1.807) is 0 Å². The molecule has 3 nitrogen and oxygen atoms in total. The molecule has 0 saturated carbocycles. The van der Waals surface area contributed by atoms with Gasteiger partial charge in [0.2, 0.25) is 0 Å². The van der Waals surface area contributed by atoms with E-state index < -0.39 is 0 Å². The van der Waals surface area contributed by atoms with Crippen molar-refractivity contribution in [1.82, 2.24) is 0 Å². The van der Waals surface area contributed by atoms with Gasteiger partial charge in [-0.3, -0.25) is 0 Å². The van der Waals surface area contributed by atoms with Crippen molar-refractivity contribution in [2.24, 2.45) is 0 Å². The Morgan fingerprint density at radius 2 is 1.02 bits per heavy atom. The van der Waals surface area contributed by atoms with Gasteiger partial charge in [0.25, 0.3) is 0 Å². The summed E-state index contributed by atoms with van der Waals surface area (Å²) in [6.45, 7) is 0. The third-order valence-corrected chi connectivity index (χ3v) is 8.46. The third-order valence-electron chi connectivity index (χ3n) is 8.46. The first kappa shape index (κ1) is 23.9. The molecule has 0 fully saturated rings. The normalized spacial score (nSPS) is 11.7. The molecule has 0 atom stereocenters. The highest BCUT2D eigenvalue weighted by molar-refractivity contribution is 6.20. The van der Waals surface area contributed by atoms with Crippen LogP contribution in [0.15, 0.2) is 160 Å². The van der Waals surface area contributed by atoms with Crippen molar-refractivity contribution in [3.05, 3.63) is 152 Å². The van der Waals surface area contributed by atoms with Crippen LogP contribution in [0.4, 0.5) is 17.1 Å². The standard InChI is InChI=1S/C40H25NO2/c1-2-13-27(14-3-1)41(34-20-11-23-37-39(34)31-17-7-9-21-35(31)42-37)33-19-8-6-16-29(33)30-18-10-22-36-38(30)32-25-24-26-12-4-5-15-28(26)40(32)43-36/h1-25H. The van der Waals surface area contributed by atoms with Gasteiger partial charge in [0.1, 0.15) is 22.3 Å². The maximum absolute atomic E-state index is 6.57. The van der Waals surface area contributed by atoms with Crippen LogP contribution in [0.5, 0.6) is 0 Å². The maximum Gasteiger partial charge on any atom is 0.143 e. The highest BCUT2D eigenvalue weighted by atomic mass is 16.3. The van der Waals surface area contributed by atoms with Crippen molar-refractivity contribution < 1.29 is 8.83 Å². The zero-order valence-electron chi connectivity index (χ0n) is 23.2. The molecule has 0 unspecified atom stereocenters. The van der Waals surface area contributed by atoms with Gasteiger partial charge in [-0.25, -0.2) is 0 Å². The number of rotatable bonds is 4. The molecule has 0 spiro atoms. The van der Waals surface area contributed by atoms with Crippen LogP contribution < -0.4 is 4.90 Å². The number of furan rings is 2. The molecule has 0 aliphatic carbocycles. The maximum atomic E-state index is 6.57. The Morgan fingerprint density at radius 3 is 1.93 bits per heavy atom. The van der Waals surface area contributed by atoms with Gasteiger partial charge in [0.05, 0.1) is 16.8 Å². The number of benzene rings is 7. The van der Waals surface area contributed by atoms with Crippen LogP contribution in [0, 0.1) is 0 Å². The number of nitrogens with zero attached hydrogens (tertiary/aromatic N) is 1. The summed E-state index contributed by atoms with van der Waals surface area (Å²) in [6, 6.07) is 53.0. The van der Waals surface area contributed by atoms with E-state index in [-0.39, 0.29) is 0 Å². The average molecular weight is 552 g/mol. The van der Waals surface area contributed by atoms with E-state index in [2.05, 4.69) is 144 Å². The van der Waals surface area contributed by atoms with Crippen LogP contribution in [-0.2, 0) is 0 Å². The van der Waals surface area contributed by atoms with Gasteiger partial charge in [-0.15, -0.1) is 0 Å². The Kier molecular flexibility index (Phi) is 5.20. The van der Waals surface area contributed by atoms with Crippen molar-refractivity contribution in [3.8, 4) is 11.1 Å². The van der Waals surface area contributed by atoms with Crippen LogP contribution in [-0.4, -0.2) is 0 Å². The van der Waals surface area contributed by atoms with E-state index >= 15 is 0 Å². The van der Waals surface area contributed by atoms with Gasteiger partial charge < -0.3 is 13.7 Å². The highest BCUT2D eigenvalue weighted by Gasteiger charge is 2.23. The molecule has 3 heteroatoms. The van der Waals surface area contributed by atoms with Gasteiger partial charge in [-0.05, 0) is 59.5 Å². The fourth-order valence-corrected chi connectivity index (χ4v) is 6.60. The molecule has 0 aliphatic rings. The third kappa shape index (κ3) is 3.62. The molecular formula is C40H25NO2. The Hall–Kier alpha value is -5.80. The van der Waals surface area contributed by atoms with E-state index in [9.17, 15) is 0 Å². The summed E-state index contributed by atoms with van der Waals surface area (Å²) in [6.07, 6.45) is 0. The second-order valence-corrected chi connectivity index (χ2v) is 10.9. The first-order chi connectivity index (χ1) is 21.3. The van der Waals surface area contributed by atoms with E-state index in [0.717, 1.165) is 77.5 Å². The number of hydrogen-bond donors (Lipinski definition) is 0. The summed E-state index contributed by atoms with van der Waals surface area (Å²) < 4.78 is 12.9.